The third-order valence-electron chi connectivity index (χ3n) is 7.01. The van der Waals surface area contributed by atoms with E-state index in [9.17, 15) is 14.4 Å². The van der Waals surface area contributed by atoms with Crippen LogP contribution in [0.4, 0.5) is 4.79 Å². The zero-order valence-electron chi connectivity index (χ0n) is 25.7. The van der Waals surface area contributed by atoms with Crippen LogP contribution in [0.2, 0.25) is 0 Å². The lowest BCUT2D eigenvalue weighted by Crippen LogP contribution is -2.56. The monoisotopic (exact) mass is 551 g/mol. The molecule has 2 aromatic rings. The standard InChI is InChI=1S/C33H49N3O4/c1-9-11-15-21-34-30(37)29(28-23(3)17-16-18-24(28)4)36(25(5)10-2)31(38)27(22-26-19-13-12-14-20-26)35-32(39)40-33(6,7)8/h12-14,16-20,25,27,29H,9-11,15,21-22H2,1-8H3,(H,34,37)(H,35,39). The summed E-state index contributed by atoms with van der Waals surface area (Å²) in [4.78, 5) is 43.1. The Kier molecular flexibility index (Phi) is 12.7. The molecule has 0 aliphatic carbocycles. The molecule has 2 rings (SSSR count). The number of unbranched alkanes of at least 4 members (excludes halogenated alkanes) is 2. The van der Waals surface area contributed by atoms with Crippen molar-refractivity contribution in [1.29, 1.82) is 0 Å². The lowest BCUT2D eigenvalue weighted by atomic mass is 9.92. The predicted molar refractivity (Wildman–Crippen MR) is 161 cm³/mol. The van der Waals surface area contributed by atoms with Gasteiger partial charge in [-0.25, -0.2) is 4.79 Å². The molecule has 220 valence electrons. The van der Waals surface area contributed by atoms with Gasteiger partial charge < -0.3 is 20.3 Å². The highest BCUT2D eigenvalue weighted by Crippen LogP contribution is 2.31. The van der Waals surface area contributed by atoms with Crippen molar-refractivity contribution >= 4 is 17.9 Å². The molecule has 40 heavy (non-hydrogen) atoms. The highest BCUT2D eigenvalue weighted by Gasteiger charge is 2.39. The van der Waals surface area contributed by atoms with Crippen LogP contribution < -0.4 is 10.6 Å². The molecule has 3 atom stereocenters. The summed E-state index contributed by atoms with van der Waals surface area (Å²) >= 11 is 0. The fourth-order valence-corrected chi connectivity index (χ4v) is 4.81. The van der Waals surface area contributed by atoms with Gasteiger partial charge in [0.1, 0.15) is 17.7 Å². The van der Waals surface area contributed by atoms with Gasteiger partial charge in [0, 0.05) is 19.0 Å². The number of benzene rings is 2. The van der Waals surface area contributed by atoms with Crippen LogP contribution in [0.5, 0.6) is 0 Å². The average Bonchev–Trinajstić information content (AvgIpc) is 2.89. The van der Waals surface area contributed by atoms with Crippen LogP contribution in [-0.4, -0.2) is 47.0 Å². The third kappa shape index (κ3) is 9.68. The molecule has 0 saturated heterocycles. The fourth-order valence-electron chi connectivity index (χ4n) is 4.81. The Hall–Kier alpha value is -3.35. The van der Waals surface area contributed by atoms with Crippen LogP contribution in [0, 0.1) is 13.8 Å². The molecular formula is C33H49N3O4. The van der Waals surface area contributed by atoms with Gasteiger partial charge in [-0.05, 0) is 76.6 Å². The second-order valence-electron chi connectivity index (χ2n) is 11.6. The van der Waals surface area contributed by atoms with E-state index in [2.05, 4.69) is 17.6 Å². The first-order chi connectivity index (χ1) is 18.9. The third-order valence-corrected chi connectivity index (χ3v) is 7.01. The number of carbonyl (C=O) groups is 3. The van der Waals surface area contributed by atoms with Crippen molar-refractivity contribution in [2.24, 2.45) is 0 Å². The van der Waals surface area contributed by atoms with E-state index in [-0.39, 0.29) is 24.3 Å². The van der Waals surface area contributed by atoms with Gasteiger partial charge in [-0.2, -0.15) is 0 Å². The van der Waals surface area contributed by atoms with E-state index in [1.807, 2.05) is 76.2 Å². The molecule has 7 nitrogen and oxygen atoms in total. The maximum atomic E-state index is 14.5. The van der Waals surface area contributed by atoms with Crippen molar-refractivity contribution in [2.75, 3.05) is 6.54 Å². The van der Waals surface area contributed by atoms with Crippen LogP contribution in [0.3, 0.4) is 0 Å². The number of hydrogen-bond donors (Lipinski definition) is 2. The highest BCUT2D eigenvalue weighted by atomic mass is 16.6. The van der Waals surface area contributed by atoms with Crippen molar-refractivity contribution in [2.45, 2.75) is 111 Å². The molecular weight excluding hydrogens is 502 g/mol. The summed E-state index contributed by atoms with van der Waals surface area (Å²) in [5.74, 6) is -0.529. The SMILES string of the molecule is CCCCCNC(=O)C(c1c(C)cccc1C)N(C(=O)C(Cc1ccccc1)NC(=O)OC(C)(C)C)C(C)CC. The molecule has 0 aromatic heterocycles. The molecule has 7 heteroatoms. The van der Waals surface area contributed by atoms with Crippen LogP contribution >= 0.6 is 0 Å². The molecule has 2 aromatic carbocycles. The number of carbonyl (C=O) groups excluding carboxylic acids is 3. The fraction of sp³-hybridized carbons (Fsp3) is 0.545. The molecule has 0 aliphatic rings. The van der Waals surface area contributed by atoms with Crippen LogP contribution in [0.15, 0.2) is 48.5 Å². The van der Waals surface area contributed by atoms with Crippen molar-refractivity contribution in [3.8, 4) is 0 Å². The van der Waals surface area contributed by atoms with Crippen molar-refractivity contribution in [3.05, 3.63) is 70.8 Å². The van der Waals surface area contributed by atoms with Crippen molar-refractivity contribution < 1.29 is 19.1 Å². The largest absolute Gasteiger partial charge is 0.444 e. The summed E-state index contributed by atoms with van der Waals surface area (Å²) in [7, 11) is 0. The second kappa shape index (κ2) is 15.4. The first kappa shape index (κ1) is 32.9. The number of rotatable bonds is 13. The molecule has 0 bridgehead atoms. The molecule has 2 N–H and O–H groups in total. The number of amides is 3. The number of aryl methyl sites for hydroxylation is 2. The molecule has 0 fully saturated rings. The smallest absolute Gasteiger partial charge is 0.408 e. The summed E-state index contributed by atoms with van der Waals surface area (Å²) in [5.41, 5.74) is 2.87. The van der Waals surface area contributed by atoms with E-state index in [1.54, 1.807) is 25.7 Å². The van der Waals surface area contributed by atoms with E-state index in [1.165, 1.54) is 0 Å². The lowest BCUT2D eigenvalue weighted by Gasteiger charge is -2.39. The van der Waals surface area contributed by atoms with E-state index < -0.39 is 23.8 Å². The van der Waals surface area contributed by atoms with Gasteiger partial charge in [-0.15, -0.1) is 0 Å². The van der Waals surface area contributed by atoms with Gasteiger partial charge in [0.05, 0.1) is 0 Å². The Morgan fingerprint density at radius 1 is 0.925 bits per heavy atom. The van der Waals surface area contributed by atoms with Gasteiger partial charge in [0.25, 0.3) is 0 Å². The topological polar surface area (TPSA) is 87.7 Å². The Morgan fingerprint density at radius 3 is 2.10 bits per heavy atom. The molecule has 0 spiro atoms. The number of nitrogens with one attached hydrogen (secondary N) is 2. The maximum Gasteiger partial charge on any atom is 0.408 e. The Bertz CT molecular complexity index is 1090. The molecule has 0 heterocycles. The Labute approximate surface area is 241 Å². The Morgan fingerprint density at radius 2 is 1.55 bits per heavy atom. The summed E-state index contributed by atoms with van der Waals surface area (Å²) < 4.78 is 5.53. The number of alkyl carbamates (subject to hydrolysis) is 1. The number of ether oxygens (including phenoxy) is 1. The van der Waals surface area contributed by atoms with Crippen LogP contribution in [-0.2, 0) is 20.7 Å². The van der Waals surface area contributed by atoms with E-state index in [0.717, 1.165) is 41.5 Å². The highest BCUT2D eigenvalue weighted by molar-refractivity contribution is 5.93. The number of hydrogen-bond acceptors (Lipinski definition) is 4. The molecule has 0 saturated carbocycles. The van der Waals surface area contributed by atoms with Crippen molar-refractivity contribution in [1.82, 2.24) is 15.5 Å². The average molecular weight is 552 g/mol. The van der Waals surface area contributed by atoms with Gasteiger partial charge >= 0.3 is 6.09 Å². The van der Waals surface area contributed by atoms with E-state index in [0.29, 0.717) is 13.0 Å². The summed E-state index contributed by atoms with van der Waals surface area (Å²) in [6.45, 7) is 15.9. The Balaban J connectivity index is 2.59. The molecule has 3 unspecified atom stereocenters. The minimum absolute atomic E-state index is 0.210. The minimum Gasteiger partial charge on any atom is -0.444 e. The second-order valence-corrected chi connectivity index (χ2v) is 11.6. The molecule has 3 amide bonds. The quantitative estimate of drug-likeness (QED) is 0.282. The van der Waals surface area contributed by atoms with Gasteiger partial charge in [-0.1, -0.05) is 75.2 Å². The van der Waals surface area contributed by atoms with E-state index in [4.69, 9.17) is 4.74 Å². The molecule has 0 aliphatic heterocycles. The van der Waals surface area contributed by atoms with Gasteiger partial charge in [-0.3, -0.25) is 9.59 Å². The summed E-state index contributed by atoms with van der Waals surface area (Å²) in [6, 6.07) is 13.4. The maximum absolute atomic E-state index is 14.5. The normalized spacial score (nSPS) is 13.6. The first-order valence-electron chi connectivity index (χ1n) is 14.6. The zero-order chi connectivity index (χ0) is 29.9. The zero-order valence-corrected chi connectivity index (χ0v) is 25.7. The first-order valence-corrected chi connectivity index (χ1v) is 14.6. The molecule has 0 radical (unpaired) electrons. The van der Waals surface area contributed by atoms with Gasteiger partial charge in [0.2, 0.25) is 11.8 Å². The summed E-state index contributed by atoms with van der Waals surface area (Å²) in [5, 5.41) is 5.93. The predicted octanol–water partition coefficient (Wildman–Crippen LogP) is 6.41. The summed E-state index contributed by atoms with van der Waals surface area (Å²) in [6.07, 6.45) is 3.17. The van der Waals surface area contributed by atoms with Crippen LogP contribution in [0.1, 0.15) is 95.5 Å². The number of nitrogens with zero attached hydrogens (tertiary/aromatic N) is 1. The van der Waals surface area contributed by atoms with E-state index >= 15 is 0 Å². The minimum atomic E-state index is -0.925. The van der Waals surface area contributed by atoms with Crippen LogP contribution in [0.25, 0.3) is 0 Å². The van der Waals surface area contributed by atoms with Crippen molar-refractivity contribution in [3.63, 3.8) is 0 Å². The lowest BCUT2D eigenvalue weighted by molar-refractivity contribution is -0.145. The van der Waals surface area contributed by atoms with Gasteiger partial charge in [0.15, 0.2) is 0 Å².